The molecule has 3 heteroatoms. The van der Waals surface area contributed by atoms with Gasteiger partial charge in [-0.3, -0.25) is 0 Å². The predicted octanol–water partition coefficient (Wildman–Crippen LogP) is 2.82. The number of methoxy groups -OCH3 is 1. The van der Waals surface area contributed by atoms with Gasteiger partial charge in [0, 0.05) is 4.90 Å². The molecular formula is C10H14O2S. The van der Waals surface area contributed by atoms with E-state index >= 15 is 0 Å². The summed E-state index contributed by atoms with van der Waals surface area (Å²) in [6.45, 7) is 2.62. The number of rotatable bonds is 4. The van der Waals surface area contributed by atoms with Crippen molar-refractivity contribution in [1.29, 1.82) is 0 Å². The molecule has 0 bridgehead atoms. The Morgan fingerprint density at radius 3 is 2.62 bits per heavy atom. The molecule has 0 radical (unpaired) electrons. The van der Waals surface area contributed by atoms with Crippen LogP contribution in [0.1, 0.15) is 6.92 Å². The van der Waals surface area contributed by atoms with Crippen LogP contribution in [0, 0.1) is 0 Å². The standard InChI is InChI=1S/C10H14O2S/c1-4-12-9-6-5-8(13-3)7-10(9)11-2/h5-7H,4H2,1-3H3. The second-order valence-electron chi connectivity index (χ2n) is 2.45. The molecule has 0 aliphatic carbocycles. The van der Waals surface area contributed by atoms with Gasteiger partial charge < -0.3 is 9.47 Å². The molecule has 1 aromatic rings. The summed E-state index contributed by atoms with van der Waals surface area (Å²) in [5.74, 6) is 1.61. The highest BCUT2D eigenvalue weighted by Gasteiger charge is 2.03. The number of hydrogen-bond acceptors (Lipinski definition) is 3. The summed E-state index contributed by atoms with van der Waals surface area (Å²) in [5, 5.41) is 0. The summed E-state index contributed by atoms with van der Waals surface area (Å²) in [6.07, 6.45) is 2.04. The fourth-order valence-corrected chi connectivity index (χ4v) is 1.48. The van der Waals surface area contributed by atoms with Crippen molar-refractivity contribution in [3.05, 3.63) is 18.2 Å². The minimum Gasteiger partial charge on any atom is -0.493 e. The molecule has 0 aliphatic rings. The van der Waals surface area contributed by atoms with Crippen molar-refractivity contribution in [1.82, 2.24) is 0 Å². The molecule has 0 heterocycles. The van der Waals surface area contributed by atoms with Crippen LogP contribution in [0.4, 0.5) is 0 Å². The van der Waals surface area contributed by atoms with Crippen molar-refractivity contribution in [3.8, 4) is 11.5 Å². The largest absolute Gasteiger partial charge is 0.493 e. The first-order chi connectivity index (χ1) is 6.31. The fraction of sp³-hybridized carbons (Fsp3) is 0.400. The van der Waals surface area contributed by atoms with Gasteiger partial charge in [-0.05, 0) is 31.4 Å². The molecule has 2 nitrogen and oxygen atoms in total. The average Bonchev–Trinajstić information content (AvgIpc) is 2.19. The van der Waals surface area contributed by atoms with Crippen LogP contribution in [0.2, 0.25) is 0 Å². The minimum atomic E-state index is 0.662. The second-order valence-corrected chi connectivity index (χ2v) is 3.33. The summed E-state index contributed by atoms with van der Waals surface area (Å²) >= 11 is 1.69. The zero-order chi connectivity index (χ0) is 9.68. The summed E-state index contributed by atoms with van der Waals surface area (Å²) in [5.41, 5.74) is 0. The fourth-order valence-electron chi connectivity index (χ4n) is 1.05. The van der Waals surface area contributed by atoms with Gasteiger partial charge in [-0.1, -0.05) is 0 Å². The minimum absolute atomic E-state index is 0.662. The predicted molar refractivity (Wildman–Crippen MR) is 55.9 cm³/mol. The van der Waals surface area contributed by atoms with Gasteiger partial charge in [0.25, 0.3) is 0 Å². The third kappa shape index (κ3) is 2.56. The van der Waals surface area contributed by atoms with E-state index in [-0.39, 0.29) is 0 Å². The van der Waals surface area contributed by atoms with E-state index < -0.39 is 0 Å². The molecule has 0 spiro atoms. The van der Waals surface area contributed by atoms with Gasteiger partial charge in [0.2, 0.25) is 0 Å². The maximum absolute atomic E-state index is 5.39. The van der Waals surface area contributed by atoms with E-state index in [0.717, 1.165) is 11.5 Å². The molecule has 0 atom stereocenters. The average molecular weight is 198 g/mol. The topological polar surface area (TPSA) is 18.5 Å². The second kappa shape index (κ2) is 5.02. The Morgan fingerprint density at radius 1 is 1.31 bits per heavy atom. The van der Waals surface area contributed by atoms with Gasteiger partial charge in [0.05, 0.1) is 13.7 Å². The Balaban J connectivity index is 2.93. The highest BCUT2D eigenvalue weighted by molar-refractivity contribution is 7.98. The summed E-state index contributed by atoms with van der Waals surface area (Å²) in [6, 6.07) is 5.95. The Morgan fingerprint density at radius 2 is 2.08 bits per heavy atom. The molecule has 0 amide bonds. The van der Waals surface area contributed by atoms with Gasteiger partial charge in [-0.2, -0.15) is 0 Å². The lowest BCUT2D eigenvalue weighted by Crippen LogP contribution is -1.94. The quantitative estimate of drug-likeness (QED) is 0.693. The van der Waals surface area contributed by atoms with Crippen LogP contribution in [0.25, 0.3) is 0 Å². The normalized spacial score (nSPS) is 9.77. The highest BCUT2D eigenvalue weighted by atomic mass is 32.2. The molecule has 13 heavy (non-hydrogen) atoms. The van der Waals surface area contributed by atoms with Crippen molar-refractivity contribution in [2.75, 3.05) is 20.0 Å². The monoisotopic (exact) mass is 198 g/mol. The highest BCUT2D eigenvalue weighted by Crippen LogP contribution is 2.31. The third-order valence-corrected chi connectivity index (χ3v) is 2.40. The van der Waals surface area contributed by atoms with Gasteiger partial charge >= 0.3 is 0 Å². The van der Waals surface area contributed by atoms with Crippen LogP contribution in [0.3, 0.4) is 0 Å². The smallest absolute Gasteiger partial charge is 0.161 e. The summed E-state index contributed by atoms with van der Waals surface area (Å²) < 4.78 is 10.6. The summed E-state index contributed by atoms with van der Waals surface area (Å²) in [7, 11) is 1.65. The number of hydrogen-bond donors (Lipinski definition) is 0. The van der Waals surface area contributed by atoms with Crippen LogP contribution < -0.4 is 9.47 Å². The van der Waals surface area contributed by atoms with Gasteiger partial charge in [0.15, 0.2) is 11.5 Å². The lowest BCUT2D eigenvalue weighted by molar-refractivity contribution is 0.310. The molecule has 72 valence electrons. The zero-order valence-corrected chi connectivity index (χ0v) is 8.98. The van der Waals surface area contributed by atoms with Crippen LogP contribution in [0.15, 0.2) is 23.1 Å². The molecule has 0 aromatic heterocycles. The Bertz CT molecular complexity index is 274. The molecule has 0 aliphatic heterocycles. The SMILES string of the molecule is CCOc1ccc(SC)cc1OC. The van der Waals surface area contributed by atoms with E-state index in [1.807, 2.05) is 31.4 Å². The first-order valence-electron chi connectivity index (χ1n) is 4.16. The van der Waals surface area contributed by atoms with Gasteiger partial charge in [-0.25, -0.2) is 0 Å². The van der Waals surface area contributed by atoms with E-state index in [0.29, 0.717) is 6.61 Å². The van der Waals surface area contributed by atoms with E-state index in [9.17, 15) is 0 Å². The van der Waals surface area contributed by atoms with Crippen molar-refractivity contribution in [2.24, 2.45) is 0 Å². The lowest BCUT2D eigenvalue weighted by atomic mass is 10.3. The van der Waals surface area contributed by atoms with Crippen molar-refractivity contribution in [2.45, 2.75) is 11.8 Å². The van der Waals surface area contributed by atoms with Crippen LogP contribution in [-0.2, 0) is 0 Å². The molecular weight excluding hydrogens is 184 g/mol. The van der Waals surface area contributed by atoms with Crippen LogP contribution >= 0.6 is 11.8 Å². The molecule has 0 saturated heterocycles. The zero-order valence-electron chi connectivity index (χ0n) is 8.16. The first kappa shape index (κ1) is 10.3. The molecule has 0 unspecified atom stereocenters. The molecule has 0 saturated carbocycles. The van der Waals surface area contributed by atoms with E-state index in [1.165, 1.54) is 4.90 Å². The van der Waals surface area contributed by atoms with Crippen molar-refractivity contribution in [3.63, 3.8) is 0 Å². The van der Waals surface area contributed by atoms with Crippen LogP contribution in [-0.4, -0.2) is 20.0 Å². The van der Waals surface area contributed by atoms with E-state index in [4.69, 9.17) is 9.47 Å². The molecule has 1 rings (SSSR count). The maximum Gasteiger partial charge on any atom is 0.161 e. The maximum atomic E-state index is 5.39. The van der Waals surface area contributed by atoms with Gasteiger partial charge in [0.1, 0.15) is 0 Å². The van der Waals surface area contributed by atoms with Gasteiger partial charge in [-0.15, -0.1) is 11.8 Å². The molecule has 1 aromatic carbocycles. The summed E-state index contributed by atoms with van der Waals surface area (Å²) in [4.78, 5) is 1.18. The Labute approximate surface area is 83.2 Å². The van der Waals surface area contributed by atoms with Crippen molar-refractivity contribution >= 4 is 11.8 Å². The van der Waals surface area contributed by atoms with E-state index in [1.54, 1.807) is 18.9 Å². The molecule has 0 N–H and O–H groups in total. The Kier molecular flexibility index (Phi) is 3.96. The van der Waals surface area contributed by atoms with Crippen molar-refractivity contribution < 1.29 is 9.47 Å². The number of thioether (sulfide) groups is 1. The lowest BCUT2D eigenvalue weighted by Gasteiger charge is -2.09. The first-order valence-corrected chi connectivity index (χ1v) is 5.39. The van der Waals surface area contributed by atoms with Crippen LogP contribution in [0.5, 0.6) is 11.5 Å². The number of benzene rings is 1. The number of ether oxygens (including phenoxy) is 2. The molecule has 0 fully saturated rings. The Hall–Kier alpha value is -0.830. The third-order valence-electron chi connectivity index (χ3n) is 1.67. The van der Waals surface area contributed by atoms with E-state index in [2.05, 4.69) is 0 Å².